The van der Waals surface area contributed by atoms with Gasteiger partial charge in [-0.2, -0.15) is 4.99 Å². The van der Waals surface area contributed by atoms with Crippen molar-refractivity contribution in [1.82, 2.24) is 4.90 Å². The zero-order chi connectivity index (χ0) is 19.6. The summed E-state index contributed by atoms with van der Waals surface area (Å²) in [5.74, 6) is -1.72. The van der Waals surface area contributed by atoms with E-state index in [1.54, 1.807) is 12.1 Å². The second kappa shape index (κ2) is 8.17. The summed E-state index contributed by atoms with van der Waals surface area (Å²) in [7, 11) is -3.13. The molecule has 0 unspecified atom stereocenters. The number of amides is 1. The van der Waals surface area contributed by atoms with E-state index in [1.165, 1.54) is 11.8 Å². The number of benzene rings is 1. The monoisotopic (exact) mass is 432 g/mol. The lowest BCUT2D eigenvalue weighted by Gasteiger charge is -2.24. The van der Waals surface area contributed by atoms with Gasteiger partial charge in [0.05, 0.1) is 17.5 Å². The molecule has 2 atom stereocenters. The normalized spacial score (nSPS) is 24.9. The maximum absolute atomic E-state index is 12.0. The van der Waals surface area contributed by atoms with Crippen LogP contribution < -0.4 is 0 Å². The Labute approximate surface area is 165 Å². The average molecular weight is 433 g/mol. The summed E-state index contributed by atoms with van der Waals surface area (Å²) in [6.45, 7) is -0.635. The summed E-state index contributed by atoms with van der Waals surface area (Å²) in [5.41, 5.74) is 0.909. The number of ether oxygens (including phenoxy) is 1. The van der Waals surface area contributed by atoms with Crippen molar-refractivity contribution in [3.8, 4) is 0 Å². The highest BCUT2D eigenvalue weighted by atomic mass is 35.5. The lowest BCUT2D eigenvalue weighted by atomic mass is 10.1. The van der Waals surface area contributed by atoms with E-state index in [1.807, 2.05) is 17.0 Å². The molecule has 1 aromatic carbocycles. The topological polar surface area (TPSA) is 113 Å². The molecule has 2 aliphatic heterocycles. The molecule has 1 aromatic rings. The van der Waals surface area contributed by atoms with E-state index in [-0.39, 0.29) is 22.8 Å². The van der Waals surface area contributed by atoms with E-state index in [2.05, 4.69) is 4.99 Å². The van der Waals surface area contributed by atoms with Crippen LogP contribution in [0, 0.1) is 0 Å². The van der Waals surface area contributed by atoms with E-state index in [0.29, 0.717) is 16.7 Å². The van der Waals surface area contributed by atoms with Gasteiger partial charge in [0.2, 0.25) is 0 Å². The number of aliphatic imine (C=N–C) groups is 1. The van der Waals surface area contributed by atoms with Crippen molar-refractivity contribution in [2.75, 3.05) is 24.7 Å². The number of nitrogens with zero attached hydrogens (tertiary/aromatic N) is 2. The minimum atomic E-state index is -3.13. The summed E-state index contributed by atoms with van der Waals surface area (Å²) in [6, 6.07) is 6.88. The van der Waals surface area contributed by atoms with Crippen molar-refractivity contribution in [2.24, 2.45) is 4.99 Å². The molecule has 146 valence electrons. The van der Waals surface area contributed by atoms with Crippen LogP contribution in [0.3, 0.4) is 0 Å². The number of thioether (sulfide) groups is 1. The zero-order valence-electron chi connectivity index (χ0n) is 14.1. The van der Waals surface area contributed by atoms with Crippen LogP contribution in [0.2, 0.25) is 5.02 Å². The zero-order valence-corrected chi connectivity index (χ0v) is 16.5. The first kappa shape index (κ1) is 20.1. The first-order valence-electron chi connectivity index (χ1n) is 8.03. The summed E-state index contributed by atoms with van der Waals surface area (Å²) in [4.78, 5) is 28.3. The maximum atomic E-state index is 12.0. The molecule has 8 nitrogen and oxygen atoms in total. The molecule has 2 heterocycles. The lowest BCUT2D eigenvalue weighted by molar-refractivity contribution is -0.143. The first-order valence-corrected chi connectivity index (χ1v) is 11.1. The Hall–Kier alpha value is -1.62. The smallest absolute Gasteiger partial charge is 0.329 e. The Morgan fingerprint density at radius 1 is 1.26 bits per heavy atom. The van der Waals surface area contributed by atoms with Crippen LogP contribution in [0.1, 0.15) is 5.56 Å². The molecule has 2 saturated heterocycles. The molecular weight excluding hydrogens is 416 g/mol. The molecule has 3 rings (SSSR count). The number of hydrogen-bond donors (Lipinski definition) is 1. The number of rotatable bonds is 6. The van der Waals surface area contributed by atoms with Crippen LogP contribution >= 0.6 is 23.4 Å². The first-order chi connectivity index (χ1) is 12.7. The number of aliphatic carboxylic acids is 1. The van der Waals surface area contributed by atoms with Gasteiger partial charge in [0.1, 0.15) is 13.2 Å². The Balaban J connectivity index is 1.77. The van der Waals surface area contributed by atoms with Crippen molar-refractivity contribution < 1.29 is 27.9 Å². The number of carbonyl (C=O) groups excluding carboxylic acids is 1. The average Bonchev–Trinajstić information content (AvgIpc) is 3.02. The van der Waals surface area contributed by atoms with E-state index in [4.69, 9.17) is 21.4 Å². The molecule has 0 bridgehead atoms. The Kier molecular flexibility index (Phi) is 6.09. The third-order valence-corrected chi connectivity index (χ3v) is 7.61. The van der Waals surface area contributed by atoms with Gasteiger partial charge in [0.25, 0.3) is 5.91 Å². The van der Waals surface area contributed by atoms with Gasteiger partial charge in [-0.1, -0.05) is 35.5 Å². The Morgan fingerprint density at radius 2 is 1.96 bits per heavy atom. The fraction of sp³-hybridized carbons (Fsp3) is 0.438. The second-order valence-electron chi connectivity index (χ2n) is 6.23. The fourth-order valence-corrected chi connectivity index (χ4v) is 7.07. The molecule has 0 spiro atoms. The molecule has 1 N–H and O–H groups in total. The minimum Gasteiger partial charge on any atom is -0.480 e. The van der Waals surface area contributed by atoms with Crippen LogP contribution in [-0.4, -0.2) is 71.5 Å². The van der Waals surface area contributed by atoms with Crippen molar-refractivity contribution in [1.29, 1.82) is 0 Å². The fourth-order valence-electron chi connectivity index (χ4n) is 2.97. The van der Waals surface area contributed by atoms with Gasteiger partial charge in [-0.05, 0) is 17.7 Å². The van der Waals surface area contributed by atoms with Crippen LogP contribution in [-0.2, 0) is 30.7 Å². The number of fused-ring (bicyclic) bond motifs is 1. The molecule has 1 amide bonds. The van der Waals surface area contributed by atoms with Gasteiger partial charge in [-0.3, -0.25) is 4.79 Å². The molecule has 0 aliphatic carbocycles. The van der Waals surface area contributed by atoms with E-state index in [9.17, 15) is 18.0 Å². The van der Waals surface area contributed by atoms with Gasteiger partial charge in [-0.15, -0.1) is 0 Å². The van der Waals surface area contributed by atoms with E-state index < -0.39 is 34.9 Å². The molecule has 27 heavy (non-hydrogen) atoms. The van der Waals surface area contributed by atoms with Gasteiger partial charge >= 0.3 is 5.97 Å². The van der Waals surface area contributed by atoms with Gasteiger partial charge in [0, 0.05) is 16.8 Å². The van der Waals surface area contributed by atoms with Crippen molar-refractivity contribution in [3.63, 3.8) is 0 Å². The highest BCUT2D eigenvalue weighted by Gasteiger charge is 2.48. The highest BCUT2D eigenvalue weighted by Crippen LogP contribution is 2.39. The number of hydrogen-bond acceptors (Lipinski definition) is 6. The van der Waals surface area contributed by atoms with Crippen molar-refractivity contribution in [2.45, 2.75) is 17.8 Å². The number of halogens is 1. The number of amidine groups is 1. The van der Waals surface area contributed by atoms with Crippen molar-refractivity contribution in [3.05, 3.63) is 34.9 Å². The number of carboxylic acid groups (broad SMARTS) is 1. The quantitative estimate of drug-likeness (QED) is 0.709. The summed E-state index contributed by atoms with van der Waals surface area (Å²) in [6.07, 6.45) is 0. The number of carboxylic acids is 1. The van der Waals surface area contributed by atoms with E-state index in [0.717, 1.165) is 5.56 Å². The predicted molar refractivity (Wildman–Crippen MR) is 102 cm³/mol. The summed E-state index contributed by atoms with van der Waals surface area (Å²) in [5, 5.41) is 9.38. The third kappa shape index (κ3) is 5.22. The van der Waals surface area contributed by atoms with E-state index >= 15 is 0 Å². The minimum absolute atomic E-state index is 0.0149. The third-order valence-electron chi connectivity index (χ3n) is 4.11. The lowest BCUT2D eigenvalue weighted by Crippen LogP contribution is -2.37. The maximum Gasteiger partial charge on any atom is 0.329 e. The predicted octanol–water partition coefficient (Wildman–Crippen LogP) is 1.04. The second-order valence-corrected chi connectivity index (χ2v) is 10.0. The Morgan fingerprint density at radius 3 is 2.63 bits per heavy atom. The standard InChI is InChI=1S/C16H17ClN2O6S2/c17-11-3-1-10(2-4-11)5-19-12-8-27(23,24)9-13(12)26-16(19)18-14(20)6-25-7-15(21)22/h1-4,12-13H,5-9H2,(H,21,22)/t12-,13-/m1/s1. The van der Waals surface area contributed by atoms with Gasteiger partial charge in [0.15, 0.2) is 15.0 Å². The molecule has 2 fully saturated rings. The number of carbonyl (C=O) groups is 2. The molecule has 0 aromatic heterocycles. The molecule has 0 saturated carbocycles. The summed E-state index contributed by atoms with van der Waals surface area (Å²) >= 11 is 7.16. The molecule has 2 aliphatic rings. The van der Waals surface area contributed by atoms with Gasteiger partial charge in [-0.25, -0.2) is 13.2 Å². The SMILES string of the molecule is O=C(O)COCC(=O)N=C1S[C@@H]2CS(=O)(=O)C[C@H]2N1Cc1ccc(Cl)cc1. The number of sulfone groups is 1. The van der Waals surface area contributed by atoms with Crippen LogP contribution in [0.25, 0.3) is 0 Å². The van der Waals surface area contributed by atoms with Gasteiger partial charge < -0.3 is 14.7 Å². The largest absolute Gasteiger partial charge is 0.480 e. The molecule has 0 radical (unpaired) electrons. The van der Waals surface area contributed by atoms with Crippen molar-refractivity contribution >= 4 is 50.2 Å². The van der Waals surface area contributed by atoms with Crippen LogP contribution in [0.15, 0.2) is 29.3 Å². The van der Waals surface area contributed by atoms with Crippen LogP contribution in [0.5, 0.6) is 0 Å². The highest BCUT2D eigenvalue weighted by molar-refractivity contribution is 8.15. The Bertz CT molecular complexity index is 871. The van der Waals surface area contributed by atoms with Crippen LogP contribution in [0.4, 0.5) is 0 Å². The summed E-state index contributed by atoms with van der Waals surface area (Å²) < 4.78 is 28.7. The molecular formula is C16H17ClN2O6S2. The molecule has 11 heteroatoms.